The second-order valence-electron chi connectivity index (χ2n) is 5.56. The van der Waals surface area contributed by atoms with E-state index in [0.29, 0.717) is 6.42 Å². The average molecular weight is 299 g/mol. The van der Waals surface area contributed by atoms with Crippen LogP contribution in [-0.2, 0) is 9.59 Å². The molecule has 0 saturated heterocycles. The van der Waals surface area contributed by atoms with Crippen LogP contribution in [0.2, 0.25) is 0 Å². The summed E-state index contributed by atoms with van der Waals surface area (Å²) >= 11 is 0. The van der Waals surface area contributed by atoms with E-state index in [1.807, 2.05) is 43.5 Å². The zero-order valence-electron chi connectivity index (χ0n) is 12.1. The third kappa shape index (κ3) is 2.86. The molecule has 0 spiro atoms. The number of carboxylic acids is 1. The Morgan fingerprint density at radius 2 is 2.05 bits per heavy atom. The van der Waals surface area contributed by atoms with E-state index in [1.165, 1.54) is 0 Å². The van der Waals surface area contributed by atoms with Crippen LogP contribution in [0.4, 0.5) is 0 Å². The van der Waals surface area contributed by atoms with Crippen molar-refractivity contribution < 1.29 is 14.7 Å². The number of hydrogen-bond acceptors (Lipinski definition) is 3. The van der Waals surface area contributed by atoms with Crippen LogP contribution in [0.25, 0.3) is 5.69 Å². The molecule has 1 aliphatic carbocycles. The largest absolute Gasteiger partial charge is 0.481 e. The smallest absolute Gasteiger partial charge is 0.307 e. The summed E-state index contributed by atoms with van der Waals surface area (Å²) in [6.07, 6.45) is 4.01. The molecule has 1 aromatic carbocycles. The highest BCUT2D eigenvalue weighted by Gasteiger charge is 2.48. The van der Waals surface area contributed by atoms with Gasteiger partial charge in [0.25, 0.3) is 0 Å². The van der Waals surface area contributed by atoms with Gasteiger partial charge in [-0.3, -0.25) is 9.59 Å². The summed E-state index contributed by atoms with van der Waals surface area (Å²) in [5.41, 5.74) is 1.91. The van der Waals surface area contributed by atoms with Crippen LogP contribution in [0.3, 0.4) is 0 Å². The summed E-state index contributed by atoms with van der Waals surface area (Å²) in [4.78, 5) is 22.8. The number of nitrogens with one attached hydrogen (secondary N) is 1. The Kier molecular flexibility index (Phi) is 3.66. The fourth-order valence-corrected chi connectivity index (χ4v) is 2.50. The Bertz CT molecular complexity index is 679. The quantitative estimate of drug-likeness (QED) is 0.881. The number of carboxylic acid groups (broad SMARTS) is 1. The van der Waals surface area contributed by atoms with Gasteiger partial charge in [-0.1, -0.05) is 12.1 Å². The first-order valence-corrected chi connectivity index (χ1v) is 7.19. The maximum Gasteiger partial charge on any atom is 0.307 e. The van der Waals surface area contributed by atoms with E-state index in [-0.39, 0.29) is 17.9 Å². The maximum absolute atomic E-state index is 12.0. The Balaban J connectivity index is 1.62. The Morgan fingerprint density at radius 3 is 2.59 bits per heavy atom. The summed E-state index contributed by atoms with van der Waals surface area (Å²) in [6.45, 7) is 1.89. The molecular weight excluding hydrogens is 282 g/mol. The Labute approximate surface area is 127 Å². The highest BCUT2D eigenvalue weighted by molar-refractivity contribution is 5.89. The van der Waals surface area contributed by atoms with E-state index in [4.69, 9.17) is 5.11 Å². The van der Waals surface area contributed by atoms with Gasteiger partial charge in [-0.25, -0.2) is 4.68 Å². The topological polar surface area (TPSA) is 84.2 Å². The predicted molar refractivity (Wildman–Crippen MR) is 79.4 cm³/mol. The first kappa shape index (κ1) is 14.3. The number of carbonyl (C=O) groups excluding carboxylic acids is 1. The summed E-state index contributed by atoms with van der Waals surface area (Å²) in [6, 6.07) is 9.43. The lowest BCUT2D eigenvalue weighted by Crippen LogP contribution is -2.29. The van der Waals surface area contributed by atoms with Crippen molar-refractivity contribution in [2.45, 2.75) is 19.4 Å². The zero-order chi connectivity index (χ0) is 15.7. The van der Waals surface area contributed by atoms with Gasteiger partial charge in [-0.2, -0.15) is 5.10 Å². The average Bonchev–Trinajstić information content (AvgIpc) is 3.14. The van der Waals surface area contributed by atoms with Crippen LogP contribution in [0.1, 0.15) is 24.9 Å². The van der Waals surface area contributed by atoms with Crippen LogP contribution < -0.4 is 5.32 Å². The molecule has 3 unspecified atom stereocenters. The van der Waals surface area contributed by atoms with Gasteiger partial charge in [-0.15, -0.1) is 0 Å². The third-order valence-corrected chi connectivity index (χ3v) is 3.97. The highest BCUT2D eigenvalue weighted by atomic mass is 16.4. The molecule has 1 aromatic heterocycles. The minimum absolute atomic E-state index is 0.158. The lowest BCUT2D eigenvalue weighted by molar-refractivity contribution is -0.140. The summed E-state index contributed by atoms with van der Waals surface area (Å²) in [5, 5.41) is 15.9. The number of benzene rings is 1. The molecule has 2 N–H and O–H groups in total. The van der Waals surface area contributed by atoms with Gasteiger partial charge in [0.1, 0.15) is 0 Å². The van der Waals surface area contributed by atoms with Crippen LogP contribution >= 0.6 is 0 Å². The van der Waals surface area contributed by atoms with Crippen molar-refractivity contribution in [2.24, 2.45) is 11.8 Å². The molecule has 0 bridgehead atoms. The molecule has 1 saturated carbocycles. The maximum atomic E-state index is 12.0. The van der Waals surface area contributed by atoms with E-state index in [1.54, 1.807) is 10.9 Å². The number of rotatable bonds is 5. The summed E-state index contributed by atoms with van der Waals surface area (Å²) in [7, 11) is 0. The van der Waals surface area contributed by atoms with Crippen LogP contribution in [0.5, 0.6) is 0 Å². The molecule has 22 heavy (non-hydrogen) atoms. The van der Waals surface area contributed by atoms with E-state index in [9.17, 15) is 9.59 Å². The van der Waals surface area contributed by atoms with Gasteiger partial charge in [0, 0.05) is 12.4 Å². The highest BCUT2D eigenvalue weighted by Crippen LogP contribution is 2.39. The first-order chi connectivity index (χ1) is 10.6. The van der Waals surface area contributed by atoms with Crippen LogP contribution in [0.15, 0.2) is 42.7 Å². The van der Waals surface area contributed by atoms with Gasteiger partial charge >= 0.3 is 5.97 Å². The van der Waals surface area contributed by atoms with Crippen molar-refractivity contribution in [2.75, 3.05) is 0 Å². The number of hydrogen-bond donors (Lipinski definition) is 2. The molecule has 0 radical (unpaired) electrons. The molecule has 1 fully saturated rings. The standard InChI is InChI=1S/C16H17N3O3/c1-10(18-15(20)13-9-14(13)16(21)22)11-3-5-12(6-4-11)19-8-2-7-17-19/h2-8,10,13-14H,9H2,1H3,(H,18,20)(H,21,22). The van der Waals surface area contributed by atoms with Crippen molar-refractivity contribution in [3.05, 3.63) is 48.3 Å². The lowest BCUT2D eigenvalue weighted by Gasteiger charge is -2.15. The van der Waals surface area contributed by atoms with Gasteiger partial charge in [0.05, 0.1) is 23.6 Å². The molecule has 1 heterocycles. The predicted octanol–water partition coefficient (Wildman–Crippen LogP) is 1.77. The molecule has 114 valence electrons. The van der Waals surface area contributed by atoms with E-state index in [0.717, 1.165) is 11.3 Å². The van der Waals surface area contributed by atoms with Gasteiger partial charge in [-0.05, 0) is 37.1 Å². The second kappa shape index (κ2) is 5.63. The summed E-state index contributed by atoms with van der Waals surface area (Å²) in [5.74, 6) is -1.98. The van der Waals surface area contributed by atoms with Crippen molar-refractivity contribution >= 4 is 11.9 Å². The fourth-order valence-electron chi connectivity index (χ4n) is 2.50. The fraction of sp³-hybridized carbons (Fsp3) is 0.312. The first-order valence-electron chi connectivity index (χ1n) is 7.19. The van der Waals surface area contributed by atoms with Crippen LogP contribution in [-0.4, -0.2) is 26.8 Å². The monoisotopic (exact) mass is 299 g/mol. The number of aromatic nitrogens is 2. The molecule has 3 atom stereocenters. The molecule has 1 aliphatic rings. The second-order valence-corrected chi connectivity index (χ2v) is 5.56. The minimum Gasteiger partial charge on any atom is -0.481 e. The van der Waals surface area contributed by atoms with E-state index >= 15 is 0 Å². The lowest BCUT2D eigenvalue weighted by atomic mass is 10.1. The van der Waals surface area contributed by atoms with Crippen molar-refractivity contribution in [3.63, 3.8) is 0 Å². The van der Waals surface area contributed by atoms with Crippen molar-refractivity contribution in [3.8, 4) is 5.69 Å². The summed E-state index contributed by atoms with van der Waals surface area (Å²) < 4.78 is 1.76. The molecule has 0 aliphatic heterocycles. The Hall–Kier alpha value is -2.63. The minimum atomic E-state index is -0.892. The molecule has 1 amide bonds. The van der Waals surface area contributed by atoms with Crippen LogP contribution in [0, 0.1) is 11.8 Å². The number of amides is 1. The van der Waals surface area contributed by atoms with Gasteiger partial charge in [0.15, 0.2) is 0 Å². The van der Waals surface area contributed by atoms with E-state index in [2.05, 4.69) is 10.4 Å². The molecular formula is C16H17N3O3. The van der Waals surface area contributed by atoms with E-state index < -0.39 is 11.9 Å². The number of aliphatic carboxylic acids is 1. The normalized spacial score (nSPS) is 21.1. The molecule has 3 rings (SSSR count). The van der Waals surface area contributed by atoms with Gasteiger partial charge in [0.2, 0.25) is 5.91 Å². The van der Waals surface area contributed by atoms with Crippen molar-refractivity contribution in [1.82, 2.24) is 15.1 Å². The SMILES string of the molecule is CC(NC(=O)C1CC1C(=O)O)c1ccc(-n2cccn2)cc1. The number of carbonyl (C=O) groups is 2. The molecule has 6 nitrogen and oxygen atoms in total. The molecule has 6 heteroatoms. The Morgan fingerprint density at radius 1 is 1.32 bits per heavy atom. The molecule has 2 aromatic rings. The third-order valence-electron chi connectivity index (χ3n) is 3.97. The van der Waals surface area contributed by atoms with Gasteiger partial charge < -0.3 is 10.4 Å². The van der Waals surface area contributed by atoms with Crippen molar-refractivity contribution in [1.29, 1.82) is 0 Å². The number of nitrogens with zero attached hydrogens (tertiary/aromatic N) is 2. The zero-order valence-corrected chi connectivity index (χ0v) is 12.1.